The minimum atomic E-state index is -0.316. The molecule has 22 heavy (non-hydrogen) atoms. The van der Waals surface area contributed by atoms with E-state index in [1.54, 1.807) is 14.2 Å². The summed E-state index contributed by atoms with van der Waals surface area (Å²) < 4.78 is 17.2. The van der Waals surface area contributed by atoms with Gasteiger partial charge in [0.2, 0.25) is 0 Å². The topological polar surface area (TPSA) is 27.7 Å². The highest BCUT2D eigenvalue weighted by Crippen LogP contribution is 2.50. The molecule has 0 saturated carbocycles. The summed E-state index contributed by atoms with van der Waals surface area (Å²) in [6.07, 6.45) is 1.81. The van der Waals surface area contributed by atoms with Crippen LogP contribution < -0.4 is 14.2 Å². The summed E-state index contributed by atoms with van der Waals surface area (Å²) in [5, 5.41) is 0. The maximum Gasteiger partial charge on any atom is 0.134 e. The van der Waals surface area contributed by atoms with E-state index in [4.69, 9.17) is 14.2 Å². The predicted molar refractivity (Wildman–Crippen MR) is 87.9 cm³/mol. The molecule has 0 aliphatic carbocycles. The summed E-state index contributed by atoms with van der Waals surface area (Å²) in [6, 6.07) is 12.3. The Morgan fingerprint density at radius 2 is 1.45 bits per heavy atom. The van der Waals surface area contributed by atoms with Gasteiger partial charge in [-0.15, -0.1) is 0 Å². The molecular weight excluding hydrogens is 276 g/mol. The Hall–Kier alpha value is -2.16. The van der Waals surface area contributed by atoms with Gasteiger partial charge in [0.1, 0.15) is 22.8 Å². The van der Waals surface area contributed by atoms with Crippen LogP contribution in [0.1, 0.15) is 32.3 Å². The largest absolute Gasteiger partial charge is 0.497 e. The second kappa shape index (κ2) is 5.56. The smallest absolute Gasteiger partial charge is 0.134 e. The van der Waals surface area contributed by atoms with Gasteiger partial charge in [0.15, 0.2) is 0 Å². The van der Waals surface area contributed by atoms with Gasteiger partial charge in [-0.3, -0.25) is 0 Å². The molecule has 0 saturated heterocycles. The first kappa shape index (κ1) is 14.8. The lowest BCUT2D eigenvalue weighted by Crippen LogP contribution is -2.34. The normalized spacial score (nSPS) is 14.5. The number of rotatable bonds is 4. The summed E-state index contributed by atoms with van der Waals surface area (Å²) in [7, 11) is 3.38. The molecule has 3 rings (SSSR count). The average Bonchev–Trinajstić information content (AvgIpc) is 2.59. The molecule has 0 unspecified atom stereocenters. The lowest BCUT2D eigenvalue weighted by Gasteiger charge is -2.39. The highest BCUT2D eigenvalue weighted by Gasteiger charge is 2.38. The van der Waals surface area contributed by atoms with E-state index in [9.17, 15) is 0 Å². The van der Waals surface area contributed by atoms with E-state index in [1.807, 2.05) is 18.2 Å². The molecule has 3 nitrogen and oxygen atoms in total. The minimum Gasteiger partial charge on any atom is -0.497 e. The lowest BCUT2D eigenvalue weighted by molar-refractivity contribution is 0.0542. The standard InChI is InChI=1S/C19H22O3/c1-5-19(6-2)17-11-13(20-3)7-9-15(17)16-10-8-14(21-4)12-18(16)22-19/h7-12H,5-6H2,1-4H3. The maximum absolute atomic E-state index is 6.45. The molecule has 0 spiro atoms. The number of methoxy groups -OCH3 is 2. The first-order chi connectivity index (χ1) is 10.7. The zero-order valence-electron chi connectivity index (χ0n) is 13.6. The lowest BCUT2D eigenvalue weighted by atomic mass is 9.80. The van der Waals surface area contributed by atoms with Gasteiger partial charge >= 0.3 is 0 Å². The van der Waals surface area contributed by atoms with Crippen LogP contribution in [0.5, 0.6) is 17.2 Å². The number of benzene rings is 2. The van der Waals surface area contributed by atoms with Crippen molar-refractivity contribution in [2.45, 2.75) is 32.3 Å². The molecule has 0 atom stereocenters. The molecule has 0 fully saturated rings. The van der Waals surface area contributed by atoms with Crippen molar-refractivity contribution in [1.82, 2.24) is 0 Å². The quantitative estimate of drug-likeness (QED) is 0.813. The van der Waals surface area contributed by atoms with Gasteiger partial charge in [-0.2, -0.15) is 0 Å². The van der Waals surface area contributed by atoms with Crippen LogP contribution in [-0.2, 0) is 5.60 Å². The van der Waals surface area contributed by atoms with E-state index in [0.717, 1.165) is 35.7 Å². The fourth-order valence-electron chi connectivity index (χ4n) is 3.24. The number of ether oxygens (including phenoxy) is 3. The highest BCUT2D eigenvalue weighted by molar-refractivity contribution is 5.78. The van der Waals surface area contributed by atoms with Crippen LogP contribution in [0.3, 0.4) is 0 Å². The summed E-state index contributed by atoms with van der Waals surface area (Å²) >= 11 is 0. The van der Waals surface area contributed by atoms with E-state index in [1.165, 1.54) is 11.1 Å². The molecule has 2 aromatic carbocycles. The molecule has 1 aliphatic heterocycles. The van der Waals surface area contributed by atoms with Crippen LogP contribution in [-0.4, -0.2) is 14.2 Å². The van der Waals surface area contributed by atoms with Gasteiger partial charge in [-0.05, 0) is 42.7 Å². The van der Waals surface area contributed by atoms with Crippen LogP contribution in [0.4, 0.5) is 0 Å². The zero-order valence-corrected chi connectivity index (χ0v) is 13.6. The number of hydrogen-bond acceptors (Lipinski definition) is 3. The molecule has 0 aromatic heterocycles. The monoisotopic (exact) mass is 298 g/mol. The average molecular weight is 298 g/mol. The summed E-state index contributed by atoms with van der Waals surface area (Å²) in [5.74, 6) is 2.57. The third kappa shape index (κ3) is 2.12. The van der Waals surface area contributed by atoms with Gasteiger partial charge in [-0.1, -0.05) is 19.9 Å². The molecule has 3 heteroatoms. The molecule has 0 radical (unpaired) electrons. The summed E-state index contributed by atoms with van der Waals surface area (Å²) in [4.78, 5) is 0. The van der Waals surface area contributed by atoms with Crippen LogP contribution in [0.25, 0.3) is 11.1 Å². The van der Waals surface area contributed by atoms with Gasteiger partial charge in [0, 0.05) is 17.2 Å². The number of fused-ring (bicyclic) bond motifs is 3. The summed E-state index contributed by atoms with van der Waals surface area (Å²) in [6.45, 7) is 4.33. The second-order valence-corrected chi connectivity index (χ2v) is 5.58. The van der Waals surface area contributed by atoms with Crippen molar-refractivity contribution < 1.29 is 14.2 Å². The van der Waals surface area contributed by atoms with E-state index >= 15 is 0 Å². The molecule has 1 heterocycles. The van der Waals surface area contributed by atoms with E-state index in [-0.39, 0.29) is 5.60 Å². The van der Waals surface area contributed by atoms with Crippen molar-refractivity contribution in [3.8, 4) is 28.4 Å². The Labute approximate surface area is 131 Å². The van der Waals surface area contributed by atoms with Crippen LogP contribution >= 0.6 is 0 Å². The van der Waals surface area contributed by atoms with Crippen LogP contribution in [0.15, 0.2) is 36.4 Å². The molecule has 0 N–H and O–H groups in total. The van der Waals surface area contributed by atoms with Crippen molar-refractivity contribution in [3.05, 3.63) is 42.0 Å². The van der Waals surface area contributed by atoms with E-state index in [0.29, 0.717) is 0 Å². The van der Waals surface area contributed by atoms with Crippen LogP contribution in [0, 0.1) is 0 Å². The van der Waals surface area contributed by atoms with Crippen LogP contribution in [0.2, 0.25) is 0 Å². The van der Waals surface area contributed by atoms with Gasteiger partial charge in [-0.25, -0.2) is 0 Å². The fourth-order valence-corrected chi connectivity index (χ4v) is 3.24. The van der Waals surface area contributed by atoms with Crippen molar-refractivity contribution in [1.29, 1.82) is 0 Å². The minimum absolute atomic E-state index is 0.316. The van der Waals surface area contributed by atoms with Gasteiger partial charge < -0.3 is 14.2 Å². The number of hydrogen-bond donors (Lipinski definition) is 0. The van der Waals surface area contributed by atoms with Crippen molar-refractivity contribution in [2.75, 3.05) is 14.2 Å². The zero-order chi connectivity index (χ0) is 15.7. The fraction of sp³-hybridized carbons (Fsp3) is 0.368. The van der Waals surface area contributed by atoms with Gasteiger partial charge in [0.05, 0.1) is 14.2 Å². The Morgan fingerprint density at radius 3 is 2.05 bits per heavy atom. The third-order valence-electron chi connectivity index (χ3n) is 4.64. The van der Waals surface area contributed by atoms with Crippen molar-refractivity contribution in [2.24, 2.45) is 0 Å². The SMILES string of the molecule is CCC1(CC)Oc2cc(OC)ccc2-c2ccc(OC)cc21. The van der Waals surface area contributed by atoms with Gasteiger partial charge in [0.25, 0.3) is 0 Å². The second-order valence-electron chi connectivity index (χ2n) is 5.58. The molecule has 2 aromatic rings. The van der Waals surface area contributed by atoms with E-state index in [2.05, 4.69) is 32.0 Å². The Morgan fingerprint density at radius 1 is 0.864 bits per heavy atom. The third-order valence-corrected chi connectivity index (χ3v) is 4.64. The first-order valence-electron chi connectivity index (χ1n) is 7.73. The maximum atomic E-state index is 6.45. The highest BCUT2D eigenvalue weighted by atomic mass is 16.5. The molecule has 1 aliphatic rings. The van der Waals surface area contributed by atoms with Crippen molar-refractivity contribution in [3.63, 3.8) is 0 Å². The molecular formula is C19H22O3. The first-order valence-corrected chi connectivity index (χ1v) is 7.73. The molecule has 0 amide bonds. The Bertz CT molecular complexity index is 687. The Balaban J connectivity index is 2.25. The van der Waals surface area contributed by atoms with E-state index < -0.39 is 0 Å². The molecule has 116 valence electrons. The predicted octanol–water partition coefficient (Wildman–Crippen LogP) is 4.78. The Kier molecular flexibility index (Phi) is 3.73. The molecule has 0 bridgehead atoms. The summed E-state index contributed by atoms with van der Waals surface area (Å²) in [5.41, 5.74) is 3.21. The van der Waals surface area contributed by atoms with Crippen molar-refractivity contribution >= 4 is 0 Å².